The van der Waals surface area contributed by atoms with E-state index in [1.807, 2.05) is 43.3 Å². The summed E-state index contributed by atoms with van der Waals surface area (Å²) in [6.45, 7) is 2.61. The molecule has 1 amide bonds. The van der Waals surface area contributed by atoms with Gasteiger partial charge < -0.3 is 9.64 Å². The Bertz CT molecular complexity index is 552. The molecule has 20 heavy (non-hydrogen) atoms. The van der Waals surface area contributed by atoms with Crippen LogP contribution in [0, 0.1) is 6.92 Å². The molecule has 0 unspecified atom stereocenters. The topological polar surface area (TPSA) is 42.4 Å². The van der Waals surface area contributed by atoms with E-state index >= 15 is 0 Å². The van der Waals surface area contributed by atoms with E-state index in [1.165, 1.54) is 5.56 Å². The van der Waals surface area contributed by atoms with Crippen LogP contribution < -0.4 is 4.74 Å². The van der Waals surface area contributed by atoms with Crippen molar-refractivity contribution in [1.82, 2.24) is 9.88 Å². The van der Waals surface area contributed by atoms with Crippen molar-refractivity contribution in [3.8, 4) is 5.75 Å². The molecule has 0 fully saturated rings. The van der Waals surface area contributed by atoms with Gasteiger partial charge in [-0.2, -0.15) is 0 Å². The number of ether oxygens (including phenoxy) is 1. The summed E-state index contributed by atoms with van der Waals surface area (Å²) >= 11 is 0. The van der Waals surface area contributed by atoms with Gasteiger partial charge in [0.05, 0.1) is 0 Å². The van der Waals surface area contributed by atoms with Gasteiger partial charge in [-0.1, -0.05) is 17.7 Å². The molecule has 0 atom stereocenters. The number of hydrogen-bond acceptors (Lipinski definition) is 3. The molecule has 0 saturated carbocycles. The minimum atomic E-state index is -0.0533. The van der Waals surface area contributed by atoms with Gasteiger partial charge in [0.15, 0.2) is 6.61 Å². The normalized spacial score (nSPS) is 10.1. The highest BCUT2D eigenvalue weighted by Gasteiger charge is 2.10. The van der Waals surface area contributed by atoms with Crippen LogP contribution in [0.5, 0.6) is 5.75 Å². The standard InChI is InChI=1S/C16H18N2O2/c1-13-3-5-15(6-4-13)20-12-16(19)18(2)11-14-7-9-17-10-8-14/h3-10H,11-12H2,1-2H3. The van der Waals surface area contributed by atoms with Gasteiger partial charge in [-0.15, -0.1) is 0 Å². The van der Waals surface area contributed by atoms with Crippen molar-refractivity contribution in [2.45, 2.75) is 13.5 Å². The number of aryl methyl sites for hydroxylation is 1. The lowest BCUT2D eigenvalue weighted by atomic mass is 10.2. The lowest BCUT2D eigenvalue weighted by Gasteiger charge is -2.17. The molecule has 4 heteroatoms. The molecule has 4 nitrogen and oxygen atoms in total. The number of carbonyl (C=O) groups excluding carboxylic acids is 1. The summed E-state index contributed by atoms with van der Waals surface area (Å²) in [7, 11) is 1.77. The molecule has 0 N–H and O–H groups in total. The molecule has 0 bridgehead atoms. The Morgan fingerprint density at radius 1 is 1.15 bits per heavy atom. The van der Waals surface area contributed by atoms with Gasteiger partial charge in [-0.05, 0) is 36.8 Å². The zero-order valence-corrected chi connectivity index (χ0v) is 11.7. The molecule has 0 aliphatic carbocycles. The first kappa shape index (κ1) is 14.1. The Morgan fingerprint density at radius 3 is 2.45 bits per heavy atom. The van der Waals surface area contributed by atoms with Crippen molar-refractivity contribution in [2.24, 2.45) is 0 Å². The van der Waals surface area contributed by atoms with E-state index in [2.05, 4.69) is 4.98 Å². The Labute approximate surface area is 119 Å². The van der Waals surface area contributed by atoms with Gasteiger partial charge in [-0.25, -0.2) is 0 Å². The molecule has 0 aliphatic heterocycles. The quantitative estimate of drug-likeness (QED) is 0.838. The number of benzene rings is 1. The van der Waals surface area contributed by atoms with Gasteiger partial charge in [-0.3, -0.25) is 9.78 Å². The largest absolute Gasteiger partial charge is 0.484 e. The van der Waals surface area contributed by atoms with E-state index in [-0.39, 0.29) is 12.5 Å². The van der Waals surface area contributed by atoms with Crippen LogP contribution >= 0.6 is 0 Å². The van der Waals surface area contributed by atoms with E-state index in [9.17, 15) is 4.79 Å². The SMILES string of the molecule is Cc1ccc(OCC(=O)N(C)Cc2ccncc2)cc1. The third kappa shape index (κ3) is 4.09. The first-order chi connectivity index (χ1) is 9.65. The highest BCUT2D eigenvalue weighted by molar-refractivity contribution is 5.77. The summed E-state index contributed by atoms with van der Waals surface area (Å²) in [6, 6.07) is 11.4. The zero-order chi connectivity index (χ0) is 14.4. The fourth-order valence-electron chi connectivity index (χ4n) is 1.74. The highest BCUT2D eigenvalue weighted by atomic mass is 16.5. The summed E-state index contributed by atoms with van der Waals surface area (Å²) in [5, 5.41) is 0. The fraction of sp³-hybridized carbons (Fsp3) is 0.250. The molecule has 1 aromatic carbocycles. The number of likely N-dealkylation sites (N-methyl/N-ethyl adjacent to an activating group) is 1. The van der Waals surface area contributed by atoms with Crippen LogP contribution in [0.3, 0.4) is 0 Å². The second kappa shape index (κ2) is 6.70. The van der Waals surface area contributed by atoms with Crippen LogP contribution in [0.2, 0.25) is 0 Å². The van der Waals surface area contributed by atoms with Gasteiger partial charge in [0, 0.05) is 26.0 Å². The molecule has 104 valence electrons. The van der Waals surface area contributed by atoms with Crippen LogP contribution in [0.25, 0.3) is 0 Å². The lowest BCUT2D eigenvalue weighted by molar-refractivity contribution is -0.132. The van der Waals surface area contributed by atoms with Gasteiger partial charge in [0.2, 0.25) is 0 Å². The van der Waals surface area contributed by atoms with Crippen molar-refractivity contribution in [3.63, 3.8) is 0 Å². The number of carbonyl (C=O) groups is 1. The van der Waals surface area contributed by atoms with E-state index in [1.54, 1.807) is 24.3 Å². The smallest absolute Gasteiger partial charge is 0.260 e. The molecule has 2 aromatic rings. The molecular formula is C16H18N2O2. The highest BCUT2D eigenvalue weighted by Crippen LogP contribution is 2.11. The first-order valence-corrected chi connectivity index (χ1v) is 6.47. The van der Waals surface area contributed by atoms with Crippen LogP contribution in [-0.4, -0.2) is 29.4 Å². The van der Waals surface area contributed by atoms with E-state index in [0.29, 0.717) is 12.3 Å². The maximum atomic E-state index is 12.0. The van der Waals surface area contributed by atoms with E-state index in [4.69, 9.17) is 4.74 Å². The summed E-state index contributed by atoms with van der Waals surface area (Å²) in [5.41, 5.74) is 2.21. The van der Waals surface area contributed by atoms with Crippen LogP contribution in [-0.2, 0) is 11.3 Å². The fourth-order valence-corrected chi connectivity index (χ4v) is 1.74. The molecule has 0 aliphatic rings. The van der Waals surface area contributed by atoms with Crippen LogP contribution in [0.4, 0.5) is 0 Å². The predicted molar refractivity (Wildman–Crippen MR) is 77.4 cm³/mol. The van der Waals surface area contributed by atoms with Crippen molar-refractivity contribution < 1.29 is 9.53 Å². The average molecular weight is 270 g/mol. The monoisotopic (exact) mass is 270 g/mol. The lowest BCUT2D eigenvalue weighted by Crippen LogP contribution is -2.30. The average Bonchev–Trinajstić information content (AvgIpc) is 2.47. The number of amides is 1. The zero-order valence-electron chi connectivity index (χ0n) is 11.7. The third-order valence-electron chi connectivity index (χ3n) is 2.98. The van der Waals surface area contributed by atoms with E-state index in [0.717, 1.165) is 5.56 Å². The Morgan fingerprint density at radius 2 is 1.80 bits per heavy atom. The number of nitrogens with zero attached hydrogens (tertiary/aromatic N) is 2. The molecule has 0 saturated heterocycles. The molecule has 0 spiro atoms. The van der Waals surface area contributed by atoms with Crippen molar-refractivity contribution >= 4 is 5.91 Å². The minimum Gasteiger partial charge on any atom is -0.484 e. The van der Waals surface area contributed by atoms with E-state index < -0.39 is 0 Å². The maximum Gasteiger partial charge on any atom is 0.260 e. The number of hydrogen-bond donors (Lipinski definition) is 0. The summed E-state index contributed by atoms with van der Waals surface area (Å²) in [4.78, 5) is 17.6. The van der Waals surface area contributed by atoms with Gasteiger partial charge in [0.1, 0.15) is 5.75 Å². The second-order valence-electron chi connectivity index (χ2n) is 4.71. The Balaban J connectivity index is 1.83. The molecule has 1 heterocycles. The predicted octanol–water partition coefficient (Wildman–Crippen LogP) is 2.43. The first-order valence-electron chi connectivity index (χ1n) is 6.47. The molecule has 0 radical (unpaired) electrons. The molecule has 2 rings (SSSR count). The summed E-state index contributed by atoms with van der Waals surface area (Å²) in [5.74, 6) is 0.656. The van der Waals surface area contributed by atoms with Crippen LogP contribution in [0.15, 0.2) is 48.8 Å². The van der Waals surface area contributed by atoms with Crippen molar-refractivity contribution in [1.29, 1.82) is 0 Å². The third-order valence-corrected chi connectivity index (χ3v) is 2.98. The minimum absolute atomic E-state index is 0.0463. The summed E-state index contributed by atoms with van der Waals surface area (Å²) in [6.07, 6.45) is 3.44. The Hall–Kier alpha value is -2.36. The number of rotatable bonds is 5. The van der Waals surface area contributed by atoms with Gasteiger partial charge in [0.25, 0.3) is 5.91 Å². The van der Waals surface area contributed by atoms with Gasteiger partial charge >= 0.3 is 0 Å². The number of aromatic nitrogens is 1. The van der Waals surface area contributed by atoms with Crippen LogP contribution in [0.1, 0.15) is 11.1 Å². The van der Waals surface area contributed by atoms with Crippen molar-refractivity contribution in [3.05, 3.63) is 59.9 Å². The number of pyridine rings is 1. The molecular weight excluding hydrogens is 252 g/mol. The second-order valence-corrected chi connectivity index (χ2v) is 4.71. The molecule has 1 aromatic heterocycles. The summed E-state index contributed by atoms with van der Waals surface area (Å²) < 4.78 is 5.48. The maximum absolute atomic E-state index is 12.0. The Kier molecular flexibility index (Phi) is 4.71. The van der Waals surface area contributed by atoms with Crippen molar-refractivity contribution in [2.75, 3.05) is 13.7 Å².